The fraction of sp³-hybridized carbons (Fsp3) is 0.273. The fourth-order valence-corrected chi connectivity index (χ4v) is 1.56. The van der Waals surface area contributed by atoms with Crippen molar-refractivity contribution in [1.29, 1.82) is 5.26 Å². The highest BCUT2D eigenvalue weighted by Gasteiger charge is 2.17. The Hall–Kier alpha value is -2.22. The van der Waals surface area contributed by atoms with E-state index < -0.39 is 4.92 Å². The first-order chi connectivity index (χ1) is 7.51. The number of benzene rings is 1. The van der Waals surface area contributed by atoms with E-state index in [1.54, 1.807) is 6.92 Å². The van der Waals surface area contributed by atoms with Gasteiger partial charge in [0, 0.05) is 17.7 Å². The van der Waals surface area contributed by atoms with Gasteiger partial charge in [0.25, 0.3) is 5.69 Å². The number of carbonyl (C=O) groups excluding carboxylic acids is 1. The number of hydrogen-bond acceptors (Lipinski definition) is 4. The Kier molecular flexibility index (Phi) is 3.36. The predicted molar refractivity (Wildman–Crippen MR) is 57.2 cm³/mol. The van der Waals surface area contributed by atoms with Gasteiger partial charge in [0.15, 0.2) is 5.78 Å². The van der Waals surface area contributed by atoms with E-state index in [0.717, 1.165) is 0 Å². The first-order valence-corrected chi connectivity index (χ1v) is 4.73. The molecule has 0 saturated carbocycles. The number of nitro groups is 1. The van der Waals surface area contributed by atoms with Gasteiger partial charge >= 0.3 is 0 Å². The number of nitrogens with zero attached hydrogens (tertiary/aromatic N) is 2. The van der Waals surface area contributed by atoms with Gasteiger partial charge in [-0.1, -0.05) is 6.92 Å². The second kappa shape index (κ2) is 4.53. The van der Waals surface area contributed by atoms with Crippen LogP contribution in [0.15, 0.2) is 12.1 Å². The third-order valence-corrected chi connectivity index (χ3v) is 2.30. The third kappa shape index (κ3) is 2.06. The Morgan fingerprint density at radius 1 is 1.56 bits per heavy atom. The van der Waals surface area contributed by atoms with Gasteiger partial charge in [0.05, 0.1) is 16.6 Å². The van der Waals surface area contributed by atoms with E-state index in [2.05, 4.69) is 0 Å². The first kappa shape index (κ1) is 11.9. The third-order valence-electron chi connectivity index (χ3n) is 2.30. The summed E-state index contributed by atoms with van der Waals surface area (Å²) in [5, 5.41) is 19.5. The van der Waals surface area contributed by atoms with Crippen LogP contribution in [0.2, 0.25) is 0 Å². The Labute approximate surface area is 92.5 Å². The summed E-state index contributed by atoms with van der Waals surface area (Å²) < 4.78 is 0. The summed E-state index contributed by atoms with van der Waals surface area (Å²) >= 11 is 0. The van der Waals surface area contributed by atoms with Crippen molar-refractivity contribution >= 4 is 11.5 Å². The highest BCUT2D eigenvalue weighted by molar-refractivity contribution is 5.96. The van der Waals surface area contributed by atoms with Crippen LogP contribution >= 0.6 is 0 Å². The lowest BCUT2D eigenvalue weighted by Gasteiger charge is -2.06. The van der Waals surface area contributed by atoms with Gasteiger partial charge < -0.3 is 0 Å². The summed E-state index contributed by atoms with van der Waals surface area (Å²) in [7, 11) is 0. The van der Waals surface area contributed by atoms with E-state index in [1.165, 1.54) is 19.1 Å². The molecule has 0 unspecified atom stereocenters. The molecular weight excluding hydrogens is 208 g/mol. The lowest BCUT2D eigenvalue weighted by molar-refractivity contribution is -0.384. The molecule has 5 heteroatoms. The van der Waals surface area contributed by atoms with E-state index in [9.17, 15) is 14.9 Å². The molecule has 0 aliphatic heterocycles. The second-order valence-electron chi connectivity index (χ2n) is 3.30. The molecule has 0 spiro atoms. The van der Waals surface area contributed by atoms with Crippen LogP contribution in [0.25, 0.3) is 0 Å². The summed E-state index contributed by atoms with van der Waals surface area (Å²) in [5.41, 5.74) is 0.801. The topological polar surface area (TPSA) is 84.0 Å². The van der Waals surface area contributed by atoms with E-state index in [-0.39, 0.29) is 22.6 Å². The van der Waals surface area contributed by atoms with Gasteiger partial charge in [0.2, 0.25) is 0 Å². The van der Waals surface area contributed by atoms with Crippen LogP contribution in [0.5, 0.6) is 0 Å². The molecular formula is C11H10N2O3. The Balaban J connectivity index is 3.57. The number of ketones is 1. The SMILES string of the molecule is CCc1c(C#N)cc([N+](=O)[O-])cc1C(C)=O. The molecule has 82 valence electrons. The summed E-state index contributed by atoms with van der Waals surface area (Å²) in [6.07, 6.45) is 0.496. The van der Waals surface area contributed by atoms with E-state index in [0.29, 0.717) is 12.0 Å². The van der Waals surface area contributed by atoms with Gasteiger partial charge in [-0.15, -0.1) is 0 Å². The van der Waals surface area contributed by atoms with E-state index >= 15 is 0 Å². The van der Waals surface area contributed by atoms with Crippen LogP contribution < -0.4 is 0 Å². The van der Waals surface area contributed by atoms with Crippen LogP contribution in [0.3, 0.4) is 0 Å². The number of hydrogen-bond donors (Lipinski definition) is 0. The number of nitro benzene ring substituents is 1. The molecule has 0 aliphatic carbocycles. The normalized spacial score (nSPS) is 9.56. The Bertz CT molecular complexity index is 501. The molecule has 16 heavy (non-hydrogen) atoms. The second-order valence-corrected chi connectivity index (χ2v) is 3.30. The average molecular weight is 218 g/mol. The number of non-ortho nitro benzene ring substituents is 1. The Morgan fingerprint density at radius 3 is 2.56 bits per heavy atom. The minimum absolute atomic E-state index is 0.196. The summed E-state index contributed by atoms with van der Waals surface area (Å²) in [6.45, 7) is 3.13. The maximum absolute atomic E-state index is 11.3. The first-order valence-electron chi connectivity index (χ1n) is 4.73. The summed E-state index contributed by atoms with van der Waals surface area (Å²) in [6, 6.07) is 4.30. The molecule has 1 rings (SSSR count). The average Bonchev–Trinajstić information content (AvgIpc) is 2.26. The maximum atomic E-state index is 11.3. The minimum Gasteiger partial charge on any atom is -0.294 e. The van der Waals surface area contributed by atoms with Gasteiger partial charge in [-0.25, -0.2) is 0 Å². The smallest absolute Gasteiger partial charge is 0.271 e. The molecule has 5 nitrogen and oxygen atoms in total. The molecule has 0 heterocycles. The van der Waals surface area contributed by atoms with Crippen molar-refractivity contribution in [2.45, 2.75) is 20.3 Å². The molecule has 0 atom stereocenters. The van der Waals surface area contributed by atoms with Crippen LogP contribution in [-0.4, -0.2) is 10.7 Å². The van der Waals surface area contributed by atoms with Crippen molar-refractivity contribution < 1.29 is 9.72 Å². The van der Waals surface area contributed by atoms with Crippen molar-refractivity contribution in [2.24, 2.45) is 0 Å². The quantitative estimate of drug-likeness (QED) is 0.442. The highest BCUT2D eigenvalue weighted by atomic mass is 16.6. The number of rotatable bonds is 3. The van der Waals surface area contributed by atoms with Crippen molar-refractivity contribution in [1.82, 2.24) is 0 Å². The zero-order valence-electron chi connectivity index (χ0n) is 8.98. The fourth-order valence-electron chi connectivity index (χ4n) is 1.56. The van der Waals surface area contributed by atoms with Crippen molar-refractivity contribution in [3.63, 3.8) is 0 Å². The number of carbonyl (C=O) groups is 1. The maximum Gasteiger partial charge on any atom is 0.271 e. The lowest BCUT2D eigenvalue weighted by Crippen LogP contribution is -2.03. The zero-order valence-corrected chi connectivity index (χ0v) is 8.98. The van der Waals surface area contributed by atoms with Crippen molar-refractivity contribution in [3.05, 3.63) is 38.9 Å². The molecule has 0 bridgehead atoms. The molecule has 0 amide bonds. The summed E-state index contributed by atoms with van der Waals surface area (Å²) in [4.78, 5) is 21.4. The largest absolute Gasteiger partial charge is 0.294 e. The molecule has 0 aliphatic rings. The summed E-state index contributed by atoms with van der Waals surface area (Å²) in [5.74, 6) is -0.267. The Morgan fingerprint density at radius 2 is 2.19 bits per heavy atom. The van der Waals surface area contributed by atoms with Crippen LogP contribution in [0.1, 0.15) is 35.3 Å². The number of nitriles is 1. The predicted octanol–water partition coefficient (Wildman–Crippen LogP) is 2.23. The van der Waals surface area contributed by atoms with Crippen LogP contribution in [0, 0.1) is 21.4 Å². The highest BCUT2D eigenvalue weighted by Crippen LogP contribution is 2.23. The van der Waals surface area contributed by atoms with Gasteiger partial charge in [-0.3, -0.25) is 14.9 Å². The lowest BCUT2D eigenvalue weighted by atomic mass is 9.96. The molecule has 1 aromatic rings. The zero-order chi connectivity index (χ0) is 12.3. The van der Waals surface area contributed by atoms with Crippen molar-refractivity contribution in [3.8, 4) is 6.07 Å². The van der Waals surface area contributed by atoms with Crippen molar-refractivity contribution in [2.75, 3.05) is 0 Å². The molecule has 0 radical (unpaired) electrons. The number of Topliss-reactive ketones (excluding diaryl/α,β-unsaturated/α-hetero) is 1. The van der Waals surface area contributed by atoms with Crippen LogP contribution in [0.4, 0.5) is 5.69 Å². The van der Waals surface area contributed by atoms with Crippen LogP contribution in [-0.2, 0) is 6.42 Å². The van der Waals surface area contributed by atoms with Gasteiger partial charge in [-0.05, 0) is 18.9 Å². The minimum atomic E-state index is -0.604. The monoisotopic (exact) mass is 218 g/mol. The molecule has 1 aromatic carbocycles. The van der Waals surface area contributed by atoms with E-state index in [1.807, 2.05) is 6.07 Å². The van der Waals surface area contributed by atoms with Gasteiger partial charge in [-0.2, -0.15) is 5.26 Å². The molecule has 0 saturated heterocycles. The standard InChI is InChI=1S/C11H10N2O3/c1-3-10-8(6-12)4-9(13(15)16)5-11(10)7(2)14/h4-5H,3H2,1-2H3. The molecule has 0 N–H and O–H groups in total. The van der Waals surface area contributed by atoms with Gasteiger partial charge in [0.1, 0.15) is 0 Å². The van der Waals surface area contributed by atoms with E-state index in [4.69, 9.17) is 5.26 Å². The molecule has 0 aromatic heterocycles. The molecule has 0 fully saturated rings.